The Labute approximate surface area is 149 Å². The van der Waals surface area contributed by atoms with Gasteiger partial charge in [0, 0.05) is 19.0 Å². The third kappa shape index (κ3) is 4.02. The minimum Gasteiger partial charge on any atom is -0.483 e. The van der Waals surface area contributed by atoms with E-state index in [0.29, 0.717) is 31.5 Å². The zero-order valence-electron chi connectivity index (χ0n) is 14.7. The summed E-state index contributed by atoms with van der Waals surface area (Å²) in [6.45, 7) is 4.16. The topological polar surface area (TPSA) is 55.6 Å². The summed E-state index contributed by atoms with van der Waals surface area (Å²) in [5.41, 5.74) is 8.34. The minimum absolute atomic E-state index is 0.0304. The van der Waals surface area contributed by atoms with Gasteiger partial charge in [-0.1, -0.05) is 55.5 Å². The number of hydrogen-bond acceptors (Lipinski definition) is 3. The number of nitrogens with zero attached hydrogens (tertiary/aromatic N) is 1. The van der Waals surface area contributed by atoms with E-state index in [2.05, 4.69) is 19.1 Å². The summed E-state index contributed by atoms with van der Waals surface area (Å²) in [5, 5.41) is 0. The molecule has 2 atom stereocenters. The zero-order chi connectivity index (χ0) is 17.6. The van der Waals surface area contributed by atoms with Gasteiger partial charge in [-0.3, -0.25) is 4.79 Å². The standard InChI is InChI=1S/C21H26N2O2/c1-2-16-8-6-7-11-20(16)25-15-21(24)23-13-18(12-22)19(14-23)17-9-4-3-5-10-17/h3-11,18-19H,2,12-15,22H2,1H3/t18-,19+/m1/s1. The van der Waals surface area contributed by atoms with Crippen molar-refractivity contribution in [3.63, 3.8) is 0 Å². The number of rotatable bonds is 6. The normalized spacial score (nSPS) is 19.8. The van der Waals surface area contributed by atoms with Crippen molar-refractivity contribution in [2.45, 2.75) is 19.3 Å². The number of hydrogen-bond donors (Lipinski definition) is 1. The van der Waals surface area contributed by atoms with E-state index < -0.39 is 0 Å². The predicted molar refractivity (Wildman–Crippen MR) is 99.6 cm³/mol. The first-order valence-electron chi connectivity index (χ1n) is 8.96. The van der Waals surface area contributed by atoms with Gasteiger partial charge in [0.15, 0.2) is 6.61 Å². The highest BCUT2D eigenvalue weighted by molar-refractivity contribution is 5.78. The number of aryl methyl sites for hydroxylation is 1. The zero-order valence-corrected chi connectivity index (χ0v) is 14.7. The molecule has 1 fully saturated rings. The number of carbonyl (C=O) groups excluding carboxylic acids is 1. The van der Waals surface area contributed by atoms with E-state index in [4.69, 9.17) is 10.5 Å². The first kappa shape index (κ1) is 17.5. The number of amides is 1. The molecular formula is C21H26N2O2. The summed E-state index contributed by atoms with van der Waals surface area (Å²) in [7, 11) is 0. The van der Waals surface area contributed by atoms with Crippen molar-refractivity contribution in [3.05, 3.63) is 65.7 Å². The molecule has 132 valence electrons. The first-order chi connectivity index (χ1) is 12.2. The van der Waals surface area contributed by atoms with E-state index in [0.717, 1.165) is 17.7 Å². The van der Waals surface area contributed by atoms with Crippen LogP contribution >= 0.6 is 0 Å². The second kappa shape index (κ2) is 8.17. The van der Waals surface area contributed by atoms with Crippen LogP contribution in [0.4, 0.5) is 0 Å². The van der Waals surface area contributed by atoms with Crippen LogP contribution < -0.4 is 10.5 Å². The molecule has 25 heavy (non-hydrogen) atoms. The Hall–Kier alpha value is -2.33. The Morgan fingerprint density at radius 2 is 1.84 bits per heavy atom. The lowest BCUT2D eigenvalue weighted by molar-refractivity contribution is -0.132. The fourth-order valence-electron chi connectivity index (χ4n) is 3.56. The number of benzene rings is 2. The van der Waals surface area contributed by atoms with Crippen LogP contribution in [0.2, 0.25) is 0 Å². The molecule has 2 aromatic carbocycles. The van der Waals surface area contributed by atoms with Crippen LogP contribution in [-0.2, 0) is 11.2 Å². The molecule has 0 saturated carbocycles. The molecule has 1 aliphatic rings. The minimum atomic E-state index is 0.0304. The molecule has 1 heterocycles. The van der Waals surface area contributed by atoms with E-state index >= 15 is 0 Å². The summed E-state index contributed by atoms with van der Waals surface area (Å²) in [4.78, 5) is 14.5. The van der Waals surface area contributed by atoms with E-state index in [9.17, 15) is 4.79 Å². The Bertz CT molecular complexity index is 702. The van der Waals surface area contributed by atoms with Crippen molar-refractivity contribution in [1.82, 2.24) is 4.90 Å². The van der Waals surface area contributed by atoms with Crippen LogP contribution in [0.5, 0.6) is 5.75 Å². The van der Waals surface area contributed by atoms with Crippen LogP contribution in [-0.4, -0.2) is 37.0 Å². The molecule has 1 amide bonds. The third-order valence-electron chi connectivity index (χ3n) is 5.03. The summed E-state index contributed by atoms with van der Waals surface area (Å²) < 4.78 is 5.79. The first-order valence-corrected chi connectivity index (χ1v) is 8.96. The quantitative estimate of drug-likeness (QED) is 0.881. The number of para-hydroxylation sites is 1. The Morgan fingerprint density at radius 3 is 2.56 bits per heavy atom. The molecule has 0 aliphatic carbocycles. The average molecular weight is 338 g/mol. The molecule has 0 aromatic heterocycles. The summed E-state index contributed by atoms with van der Waals surface area (Å²) in [6.07, 6.45) is 0.888. The van der Waals surface area contributed by atoms with Crippen molar-refractivity contribution in [2.75, 3.05) is 26.2 Å². The lowest BCUT2D eigenvalue weighted by Crippen LogP contribution is -2.33. The van der Waals surface area contributed by atoms with E-state index in [-0.39, 0.29) is 12.5 Å². The Balaban J connectivity index is 1.63. The van der Waals surface area contributed by atoms with E-state index in [1.807, 2.05) is 47.4 Å². The van der Waals surface area contributed by atoms with Crippen LogP contribution in [0.15, 0.2) is 54.6 Å². The lowest BCUT2D eigenvalue weighted by atomic mass is 9.89. The van der Waals surface area contributed by atoms with Crippen LogP contribution in [0.3, 0.4) is 0 Å². The maximum Gasteiger partial charge on any atom is 0.260 e. The molecule has 2 aromatic rings. The molecule has 3 rings (SSSR count). The van der Waals surface area contributed by atoms with Gasteiger partial charge in [0.1, 0.15) is 5.75 Å². The summed E-state index contributed by atoms with van der Waals surface area (Å²) in [5.74, 6) is 1.43. The van der Waals surface area contributed by atoms with Gasteiger partial charge in [-0.25, -0.2) is 0 Å². The van der Waals surface area contributed by atoms with Gasteiger partial charge in [0.2, 0.25) is 0 Å². The van der Waals surface area contributed by atoms with Gasteiger partial charge in [0.25, 0.3) is 5.91 Å². The Kier molecular flexibility index (Phi) is 5.71. The predicted octanol–water partition coefficient (Wildman–Crippen LogP) is 2.83. The fourth-order valence-corrected chi connectivity index (χ4v) is 3.56. The molecule has 0 unspecified atom stereocenters. The number of carbonyl (C=O) groups is 1. The van der Waals surface area contributed by atoms with E-state index in [1.165, 1.54) is 5.56 Å². The monoisotopic (exact) mass is 338 g/mol. The van der Waals surface area contributed by atoms with E-state index in [1.54, 1.807) is 0 Å². The number of ether oxygens (including phenoxy) is 1. The highest BCUT2D eigenvalue weighted by Crippen LogP contribution is 2.32. The summed E-state index contributed by atoms with van der Waals surface area (Å²) in [6, 6.07) is 18.2. The van der Waals surface area contributed by atoms with Gasteiger partial charge in [0.05, 0.1) is 0 Å². The van der Waals surface area contributed by atoms with Crippen molar-refractivity contribution < 1.29 is 9.53 Å². The SMILES string of the molecule is CCc1ccccc1OCC(=O)N1C[C@@H](CN)[C@H](c2ccccc2)C1. The van der Waals surface area contributed by atoms with Gasteiger partial charge in [-0.05, 0) is 36.1 Å². The van der Waals surface area contributed by atoms with Gasteiger partial charge in [-0.2, -0.15) is 0 Å². The molecule has 4 heteroatoms. The maximum absolute atomic E-state index is 12.6. The van der Waals surface area contributed by atoms with Crippen molar-refractivity contribution in [2.24, 2.45) is 11.7 Å². The molecular weight excluding hydrogens is 312 g/mol. The van der Waals surface area contributed by atoms with Gasteiger partial charge in [-0.15, -0.1) is 0 Å². The van der Waals surface area contributed by atoms with Gasteiger partial charge >= 0.3 is 0 Å². The second-order valence-electron chi connectivity index (χ2n) is 6.56. The molecule has 2 N–H and O–H groups in total. The molecule has 0 radical (unpaired) electrons. The highest BCUT2D eigenvalue weighted by Gasteiger charge is 2.35. The molecule has 1 aliphatic heterocycles. The molecule has 0 spiro atoms. The number of nitrogens with two attached hydrogens (primary N) is 1. The van der Waals surface area contributed by atoms with Crippen LogP contribution in [0.1, 0.15) is 24.0 Å². The second-order valence-corrected chi connectivity index (χ2v) is 6.56. The molecule has 0 bridgehead atoms. The highest BCUT2D eigenvalue weighted by atomic mass is 16.5. The third-order valence-corrected chi connectivity index (χ3v) is 5.03. The average Bonchev–Trinajstić information content (AvgIpc) is 3.11. The molecule has 4 nitrogen and oxygen atoms in total. The Morgan fingerprint density at radius 1 is 1.12 bits per heavy atom. The molecule has 1 saturated heterocycles. The smallest absolute Gasteiger partial charge is 0.260 e. The van der Waals surface area contributed by atoms with Crippen LogP contribution in [0.25, 0.3) is 0 Å². The van der Waals surface area contributed by atoms with Crippen molar-refractivity contribution in [3.8, 4) is 5.75 Å². The van der Waals surface area contributed by atoms with Gasteiger partial charge < -0.3 is 15.4 Å². The number of likely N-dealkylation sites (tertiary alicyclic amines) is 1. The maximum atomic E-state index is 12.6. The van der Waals surface area contributed by atoms with Crippen LogP contribution in [0, 0.1) is 5.92 Å². The largest absolute Gasteiger partial charge is 0.483 e. The summed E-state index contributed by atoms with van der Waals surface area (Å²) >= 11 is 0. The fraction of sp³-hybridized carbons (Fsp3) is 0.381. The lowest BCUT2D eigenvalue weighted by Gasteiger charge is -2.18. The van der Waals surface area contributed by atoms with Crippen molar-refractivity contribution >= 4 is 5.91 Å². The van der Waals surface area contributed by atoms with Crippen molar-refractivity contribution in [1.29, 1.82) is 0 Å².